The van der Waals surface area contributed by atoms with Crippen molar-refractivity contribution in [2.24, 2.45) is 5.41 Å². The molecular weight excluding hydrogens is 470 g/mol. The monoisotopic (exact) mass is 487 g/mol. The van der Waals surface area contributed by atoms with Crippen molar-refractivity contribution >= 4 is 38.3 Å². The number of anilines is 1. The van der Waals surface area contributed by atoms with E-state index < -0.39 is 33.8 Å². The Morgan fingerprint density at radius 1 is 1.06 bits per heavy atom. The smallest absolute Gasteiger partial charge is 0.283 e. The van der Waals surface area contributed by atoms with Crippen molar-refractivity contribution in [3.05, 3.63) is 53.1 Å². The second-order valence-electron chi connectivity index (χ2n) is 8.56. The molecule has 0 atom stereocenters. The molecule has 5 rings (SSSR count). The van der Waals surface area contributed by atoms with E-state index in [-0.39, 0.29) is 38.7 Å². The highest BCUT2D eigenvalue weighted by Crippen LogP contribution is 2.61. The van der Waals surface area contributed by atoms with E-state index >= 15 is 0 Å². The van der Waals surface area contributed by atoms with E-state index in [1.165, 1.54) is 23.1 Å². The molecule has 1 saturated heterocycles. The fraction of sp³-hybridized carbons (Fsp3) is 0.381. The molecule has 1 aromatic heterocycles. The largest absolute Gasteiger partial charge is 0.348 e. The van der Waals surface area contributed by atoms with Crippen LogP contribution >= 0.6 is 11.6 Å². The summed E-state index contributed by atoms with van der Waals surface area (Å²) < 4.78 is 83.5. The van der Waals surface area contributed by atoms with E-state index in [9.17, 15) is 26.0 Å². The lowest BCUT2D eigenvalue weighted by atomic mass is 10.0. The van der Waals surface area contributed by atoms with Gasteiger partial charge in [0.05, 0.1) is 32.8 Å². The Kier molecular flexibility index (Phi) is 4.44. The summed E-state index contributed by atoms with van der Waals surface area (Å²) >= 11 is 6.33. The molecule has 11 heteroatoms. The zero-order valence-corrected chi connectivity index (χ0v) is 18.4. The van der Waals surface area contributed by atoms with Crippen molar-refractivity contribution in [1.29, 1.82) is 0 Å². The number of rotatable bonds is 4. The molecule has 2 heterocycles. The molecule has 1 aliphatic carbocycles. The van der Waals surface area contributed by atoms with E-state index in [1.54, 1.807) is 0 Å². The van der Waals surface area contributed by atoms with Gasteiger partial charge in [0.2, 0.25) is 0 Å². The minimum atomic E-state index is -4.31. The second kappa shape index (κ2) is 6.60. The number of benzene rings is 2. The fourth-order valence-electron chi connectivity index (χ4n) is 4.28. The average molecular weight is 488 g/mol. The van der Waals surface area contributed by atoms with Gasteiger partial charge in [0.25, 0.3) is 21.9 Å². The van der Waals surface area contributed by atoms with Gasteiger partial charge in [-0.15, -0.1) is 5.10 Å². The molecule has 2 aromatic carbocycles. The molecule has 0 N–H and O–H groups in total. The summed E-state index contributed by atoms with van der Waals surface area (Å²) in [6, 6.07) is 8.75. The summed E-state index contributed by atoms with van der Waals surface area (Å²) in [4.78, 5) is 1.13. The van der Waals surface area contributed by atoms with E-state index in [4.69, 9.17) is 11.6 Å². The fourth-order valence-corrected chi connectivity index (χ4v) is 5.81. The second-order valence-corrected chi connectivity index (χ2v) is 10.7. The zero-order valence-electron chi connectivity index (χ0n) is 16.8. The predicted molar refractivity (Wildman–Crippen MR) is 112 cm³/mol. The Bertz CT molecular complexity index is 1320. The zero-order chi connectivity index (χ0) is 23.1. The molecule has 1 spiro atoms. The minimum Gasteiger partial charge on any atom is -0.348 e. The SMILES string of the molecule is CC(F)(F)c1ccc(S(=O)(=O)n2nc(N3CC(F)(F)C4(CC4)C3)c3c(Cl)cccc32)cc1. The molecule has 0 radical (unpaired) electrons. The minimum absolute atomic E-state index is 0.0532. The van der Waals surface area contributed by atoms with Gasteiger partial charge in [-0.05, 0) is 37.1 Å². The molecule has 1 aliphatic heterocycles. The van der Waals surface area contributed by atoms with Gasteiger partial charge in [-0.1, -0.05) is 29.8 Å². The van der Waals surface area contributed by atoms with Crippen LogP contribution in [0.4, 0.5) is 23.4 Å². The molecule has 170 valence electrons. The highest BCUT2D eigenvalue weighted by atomic mass is 35.5. The summed E-state index contributed by atoms with van der Waals surface area (Å²) in [7, 11) is -4.31. The molecule has 0 amide bonds. The molecule has 32 heavy (non-hydrogen) atoms. The van der Waals surface area contributed by atoms with Crippen LogP contribution in [-0.4, -0.2) is 36.6 Å². The number of aromatic nitrogens is 2. The van der Waals surface area contributed by atoms with Crippen molar-refractivity contribution < 1.29 is 26.0 Å². The predicted octanol–water partition coefficient (Wildman–Crippen LogP) is 5.27. The summed E-state index contributed by atoms with van der Waals surface area (Å²) in [5, 5.41) is 4.63. The van der Waals surface area contributed by atoms with Crippen molar-refractivity contribution in [3.63, 3.8) is 0 Å². The molecule has 0 unspecified atom stereocenters. The summed E-state index contributed by atoms with van der Waals surface area (Å²) in [6.07, 6.45) is 0.797. The Hall–Kier alpha value is -2.33. The van der Waals surface area contributed by atoms with Crippen LogP contribution in [0, 0.1) is 5.41 Å². The standard InChI is InChI=1S/C21H18ClF4N3O2S/c1-19(23,24)13-5-7-14(8-6-13)32(30,31)29-16-4-2-3-15(22)17(16)18(27-29)28-11-20(9-10-20)21(25,26)12-28/h2-8H,9-12H2,1H3. The van der Waals surface area contributed by atoms with Gasteiger partial charge in [-0.2, -0.15) is 12.5 Å². The van der Waals surface area contributed by atoms with Crippen LogP contribution in [-0.2, 0) is 15.9 Å². The lowest BCUT2D eigenvalue weighted by molar-refractivity contribution is -0.0334. The van der Waals surface area contributed by atoms with Gasteiger partial charge < -0.3 is 4.90 Å². The lowest BCUT2D eigenvalue weighted by Crippen LogP contribution is -2.28. The first-order valence-electron chi connectivity index (χ1n) is 9.90. The van der Waals surface area contributed by atoms with Crippen LogP contribution in [0.5, 0.6) is 0 Å². The number of fused-ring (bicyclic) bond motifs is 1. The first-order chi connectivity index (χ1) is 14.9. The van der Waals surface area contributed by atoms with Crippen molar-refractivity contribution in [3.8, 4) is 0 Å². The Morgan fingerprint density at radius 3 is 2.28 bits per heavy atom. The van der Waals surface area contributed by atoms with Crippen LogP contribution in [0.3, 0.4) is 0 Å². The third-order valence-electron chi connectivity index (χ3n) is 6.31. The third-order valence-corrected chi connectivity index (χ3v) is 8.22. The highest BCUT2D eigenvalue weighted by molar-refractivity contribution is 7.90. The maximum atomic E-state index is 14.6. The van der Waals surface area contributed by atoms with Crippen molar-refractivity contribution in [2.45, 2.75) is 36.5 Å². The Morgan fingerprint density at radius 2 is 1.72 bits per heavy atom. The number of hydrogen-bond donors (Lipinski definition) is 0. The summed E-state index contributed by atoms with van der Waals surface area (Å²) in [6.45, 7) is 0.187. The molecular formula is C21H18ClF4N3O2S. The third kappa shape index (κ3) is 3.10. The molecule has 2 aliphatic rings. The van der Waals surface area contributed by atoms with E-state index in [1.807, 2.05) is 0 Å². The van der Waals surface area contributed by atoms with Gasteiger partial charge in [-0.3, -0.25) is 0 Å². The quantitative estimate of drug-likeness (QED) is 0.470. The van der Waals surface area contributed by atoms with E-state index in [0.717, 1.165) is 28.4 Å². The van der Waals surface area contributed by atoms with Gasteiger partial charge in [0.1, 0.15) is 0 Å². The number of alkyl halides is 4. The molecule has 2 fully saturated rings. The highest BCUT2D eigenvalue weighted by Gasteiger charge is 2.67. The van der Waals surface area contributed by atoms with Gasteiger partial charge in [0.15, 0.2) is 5.82 Å². The maximum absolute atomic E-state index is 14.6. The van der Waals surface area contributed by atoms with Crippen LogP contribution in [0.2, 0.25) is 5.02 Å². The topological polar surface area (TPSA) is 55.2 Å². The number of halogens is 5. The molecule has 1 saturated carbocycles. The van der Waals surface area contributed by atoms with Crippen LogP contribution < -0.4 is 4.90 Å². The van der Waals surface area contributed by atoms with Gasteiger partial charge in [-0.25, -0.2) is 17.6 Å². The summed E-state index contributed by atoms with van der Waals surface area (Å²) in [5.41, 5.74) is -1.32. The first-order valence-corrected chi connectivity index (χ1v) is 11.7. The van der Waals surface area contributed by atoms with E-state index in [2.05, 4.69) is 5.10 Å². The number of nitrogens with zero attached hydrogens (tertiary/aromatic N) is 3. The average Bonchev–Trinajstić information content (AvgIpc) is 3.31. The normalized spacial score (nSPS) is 19.8. The van der Waals surface area contributed by atoms with Crippen molar-refractivity contribution in [1.82, 2.24) is 9.19 Å². The maximum Gasteiger partial charge on any atom is 0.283 e. The van der Waals surface area contributed by atoms with Gasteiger partial charge >= 0.3 is 0 Å². The Balaban J connectivity index is 1.63. The van der Waals surface area contributed by atoms with Crippen LogP contribution in [0.25, 0.3) is 10.9 Å². The molecule has 5 nitrogen and oxygen atoms in total. The van der Waals surface area contributed by atoms with E-state index in [0.29, 0.717) is 19.8 Å². The Labute approximate surface area is 186 Å². The van der Waals surface area contributed by atoms with Crippen LogP contribution in [0.15, 0.2) is 47.4 Å². The first kappa shape index (κ1) is 21.5. The van der Waals surface area contributed by atoms with Gasteiger partial charge in [0, 0.05) is 19.0 Å². The summed E-state index contributed by atoms with van der Waals surface area (Å²) in [5.74, 6) is -5.97. The molecule has 0 bridgehead atoms. The number of hydrogen-bond acceptors (Lipinski definition) is 4. The molecule has 3 aromatic rings. The lowest BCUT2D eigenvalue weighted by Gasteiger charge is -2.15. The van der Waals surface area contributed by atoms with Crippen LogP contribution in [0.1, 0.15) is 25.3 Å². The van der Waals surface area contributed by atoms with Crippen molar-refractivity contribution in [2.75, 3.05) is 18.0 Å².